The molecule has 0 saturated heterocycles. The molecule has 1 atom stereocenters. The first-order chi connectivity index (χ1) is 9.52. The van der Waals surface area contributed by atoms with Crippen LogP contribution in [0.15, 0.2) is 12.4 Å². The first-order valence-electron chi connectivity index (χ1n) is 6.42. The number of hydrogen-bond acceptors (Lipinski definition) is 4. The van der Waals surface area contributed by atoms with Crippen molar-refractivity contribution in [2.24, 2.45) is 7.05 Å². The monoisotopic (exact) mass is 282 g/mol. The van der Waals surface area contributed by atoms with Crippen molar-refractivity contribution in [3.63, 3.8) is 0 Å². The average Bonchev–Trinajstić information content (AvgIpc) is 3.14. The second kappa shape index (κ2) is 5.91. The first-order valence-corrected chi connectivity index (χ1v) is 6.42. The normalized spacial score (nSPS) is 15.7. The lowest BCUT2D eigenvalue weighted by Crippen LogP contribution is -2.45. The van der Waals surface area contributed by atoms with E-state index in [1.807, 2.05) is 0 Å². The number of aliphatic hydroxyl groups is 1. The van der Waals surface area contributed by atoms with Crippen LogP contribution < -0.4 is 5.32 Å². The van der Waals surface area contributed by atoms with Crippen LogP contribution in [0, 0.1) is 0 Å². The maximum atomic E-state index is 12.1. The Morgan fingerprint density at radius 2 is 2.30 bits per heavy atom. The SMILES string of the molecule is Cn1cc(C(NC(=O)N(CCO)C2CC2)C(=O)O)cn1. The number of aliphatic hydroxyl groups excluding tert-OH is 1. The smallest absolute Gasteiger partial charge is 0.331 e. The molecule has 1 aliphatic carbocycles. The Bertz CT molecular complexity index is 497. The minimum absolute atomic E-state index is 0.102. The summed E-state index contributed by atoms with van der Waals surface area (Å²) in [6.07, 6.45) is 4.73. The number of nitrogens with one attached hydrogen (secondary N) is 1. The number of carbonyl (C=O) groups is 2. The molecule has 1 saturated carbocycles. The molecule has 1 unspecified atom stereocenters. The highest BCUT2D eigenvalue weighted by atomic mass is 16.4. The fourth-order valence-electron chi connectivity index (χ4n) is 2.03. The van der Waals surface area contributed by atoms with Gasteiger partial charge in [0.05, 0.1) is 12.8 Å². The van der Waals surface area contributed by atoms with Crippen LogP contribution in [0.2, 0.25) is 0 Å². The average molecular weight is 282 g/mol. The summed E-state index contributed by atoms with van der Waals surface area (Å²) in [5.41, 5.74) is 0.410. The lowest BCUT2D eigenvalue weighted by molar-refractivity contribution is -0.139. The zero-order valence-corrected chi connectivity index (χ0v) is 11.2. The highest BCUT2D eigenvalue weighted by Gasteiger charge is 2.34. The Morgan fingerprint density at radius 1 is 1.60 bits per heavy atom. The number of nitrogens with zero attached hydrogens (tertiary/aromatic N) is 3. The molecule has 0 aliphatic heterocycles. The Balaban J connectivity index is 2.07. The topological polar surface area (TPSA) is 108 Å². The van der Waals surface area contributed by atoms with Crippen LogP contribution in [-0.4, -0.2) is 56.1 Å². The van der Waals surface area contributed by atoms with E-state index in [4.69, 9.17) is 5.11 Å². The van der Waals surface area contributed by atoms with Crippen LogP contribution in [-0.2, 0) is 11.8 Å². The number of carbonyl (C=O) groups excluding carboxylic acids is 1. The van der Waals surface area contributed by atoms with Crippen LogP contribution in [0.1, 0.15) is 24.4 Å². The van der Waals surface area contributed by atoms with Crippen LogP contribution in [0.5, 0.6) is 0 Å². The molecule has 0 spiro atoms. The molecule has 1 fully saturated rings. The van der Waals surface area contributed by atoms with Crippen molar-refractivity contribution >= 4 is 12.0 Å². The van der Waals surface area contributed by atoms with Crippen molar-refractivity contribution in [2.45, 2.75) is 24.9 Å². The Kier molecular flexibility index (Phi) is 4.23. The predicted molar refractivity (Wildman–Crippen MR) is 68.9 cm³/mol. The van der Waals surface area contributed by atoms with Gasteiger partial charge in [-0.05, 0) is 12.8 Å². The minimum Gasteiger partial charge on any atom is -0.479 e. The number of urea groups is 1. The standard InChI is InChI=1S/C12H18N4O4/c1-15-7-8(6-13-15)10(11(18)19)14-12(20)16(4-5-17)9-2-3-9/h6-7,9-10,17H,2-5H2,1H3,(H,14,20)(H,18,19). The van der Waals surface area contributed by atoms with Crippen molar-refractivity contribution < 1.29 is 19.8 Å². The quantitative estimate of drug-likeness (QED) is 0.664. The third-order valence-corrected chi connectivity index (χ3v) is 3.16. The highest BCUT2D eigenvalue weighted by molar-refractivity contribution is 5.83. The molecule has 20 heavy (non-hydrogen) atoms. The third-order valence-electron chi connectivity index (χ3n) is 3.16. The molecule has 0 aromatic carbocycles. The van der Waals surface area contributed by atoms with E-state index in [9.17, 15) is 14.7 Å². The molecule has 8 heteroatoms. The van der Waals surface area contributed by atoms with E-state index in [1.165, 1.54) is 15.8 Å². The largest absolute Gasteiger partial charge is 0.479 e. The van der Waals surface area contributed by atoms with E-state index >= 15 is 0 Å². The van der Waals surface area contributed by atoms with Gasteiger partial charge in [-0.1, -0.05) is 0 Å². The molecule has 8 nitrogen and oxygen atoms in total. The minimum atomic E-state index is -1.15. The molecule has 1 aromatic heterocycles. The lowest BCUT2D eigenvalue weighted by atomic mass is 10.1. The molecule has 1 heterocycles. The van der Waals surface area contributed by atoms with E-state index in [1.54, 1.807) is 13.2 Å². The van der Waals surface area contributed by atoms with Crippen LogP contribution in [0.25, 0.3) is 0 Å². The number of aliphatic carboxylic acids is 1. The molecule has 110 valence electrons. The number of carboxylic acids is 1. The maximum absolute atomic E-state index is 12.1. The van der Waals surface area contributed by atoms with Crippen LogP contribution >= 0.6 is 0 Å². The van der Waals surface area contributed by atoms with E-state index in [-0.39, 0.29) is 19.2 Å². The second-order valence-electron chi connectivity index (χ2n) is 4.82. The summed E-state index contributed by atoms with van der Waals surface area (Å²) >= 11 is 0. The summed E-state index contributed by atoms with van der Waals surface area (Å²) in [6.45, 7) is 0.0599. The number of aryl methyl sites for hydroxylation is 1. The molecule has 1 aromatic rings. The highest BCUT2D eigenvalue weighted by Crippen LogP contribution is 2.27. The molecule has 1 aliphatic rings. The molecule has 0 radical (unpaired) electrons. The summed E-state index contributed by atoms with van der Waals surface area (Å²) in [6, 6.07) is -1.51. The summed E-state index contributed by atoms with van der Waals surface area (Å²) in [7, 11) is 1.67. The van der Waals surface area contributed by atoms with Gasteiger partial charge in [-0.25, -0.2) is 9.59 Å². The summed E-state index contributed by atoms with van der Waals surface area (Å²) in [5, 5.41) is 24.6. The summed E-state index contributed by atoms with van der Waals surface area (Å²) in [5.74, 6) is -1.15. The van der Waals surface area contributed by atoms with E-state index < -0.39 is 18.0 Å². The molecule has 0 bridgehead atoms. The molecule has 3 N–H and O–H groups in total. The lowest BCUT2D eigenvalue weighted by Gasteiger charge is -2.24. The summed E-state index contributed by atoms with van der Waals surface area (Å²) in [4.78, 5) is 24.9. The van der Waals surface area contributed by atoms with E-state index in [0.29, 0.717) is 5.56 Å². The number of amides is 2. The number of hydrogen-bond donors (Lipinski definition) is 3. The van der Waals surface area contributed by atoms with Gasteiger partial charge in [-0.15, -0.1) is 0 Å². The summed E-state index contributed by atoms with van der Waals surface area (Å²) < 4.78 is 1.48. The van der Waals surface area contributed by atoms with Crippen LogP contribution in [0.3, 0.4) is 0 Å². The zero-order valence-electron chi connectivity index (χ0n) is 11.2. The van der Waals surface area contributed by atoms with Crippen molar-refractivity contribution in [2.75, 3.05) is 13.2 Å². The van der Waals surface area contributed by atoms with Crippen molar-refractivity contribution in [1.82, 2.24) is 20.0 Å². The van der Waals surface area contributed by atoms with Gasteiger partial charge in [-0.2, -0.15) is 5.10 Å². The molecule has 2 amide bonds. The van der Waals surface area contributed by atoms with E-state index in [0.717, 1.165) is 12.8 Å². The number of carboxylic acid groups (broad SMARTS) is 1. The van der Waals surface area contributed by atoms with Gasteiger partial charge < -0.3 is 20.4 Å². The van der Waals surface area contributed by atoms with Gasteiger partial charge in [0.2, 0.25) is 0 Å². The first kappa shape index (κ1) is 14.3. The zero-order chi connectivity index (χ0) is 14.7. The third kappa shape index (κ3) is 3.27. The van der Waals surface area contributed by atoms with Gasteiger partial charge in [0.25, 0.3) is 0 Å². The second-order valence-corrected chi connectivity index (χ2v) is 4.82. The predicted octanol–water partition coefficient (Wildman–Crippen LogP) is -0.288. The Morgan fingerprint density at radius 3 is 2.75 bits per heavy atom. The number of aromatic nitrogens is 2. The van der Waals surface area contributed by atoms with Crippen LogP contribution in [0.4, 0.5) is 4.79 Å². The van der Waals surface area contributed by atoms with Gasteiger partial charge in [0.1, 0.15) is 0 Å². The molecule has 2 rings (SSSR count). The Labute approximate surface area is 116 Å². The number of rotatable bonds is 6. The molecular formula is C12H18N4O4. The van der Waals surface area contributed by atoms with Crippen molar-refractivity contribution in [3.8, 4) is 0 Å². The van der Waals surface area contributed by atoms with Gasteiger partial charge >= 0.3 is 12.0 Å². The van der Waals surface area contributed by atoms with Crippen molar-refractivity contribution in [1.29, 1.82) is 0 Å². The van der Waals surface area contributed by atoms with Gasteiger partial charge in [-0.3, -0.25) is 4.68 Å². The molecular weight excluding hydrogens is 264 g/mol. The maximum Gasteiger partial charge on any atom is 0.331 e. The van der Waals surface area contributed by atoms with E-state index in [2.05, 4.69) is 10.4 Å². The van der Waals surface area contributed by atoms with Gasteiger partial charge in [0.15, 0.2) is 6.04 Å². The van der Waals surface area contributed by atoms with Crippen molar-refractivity contribution in [3.05, 3.63) is 18.0 Å². The Hall–Kier alpha value is -2.09. The fourth-order valence-corrected chi connectivity index (χ4v) is 2.03. The van der Waals surface area contributed by atoms with Gasteiger partial charge in [0, 0.05) is 31.4 Å². The fraction of sp³-hybridized carbons (Fsp3) is 0.583.